The molecule has 0 unspecified atom stereocenters. The Hall–Kier alpha value is -2.31. The first-order valence-corrected chi connectivity index (χ1v) is 10.1. The van der Waals surface area contributed by atoms with Gasteiger partial charge in [0.25, 0.3) is 0 Å². The fourth-order valence-corrected chi connectivity index (χ4v) is 2.52. The van der Waals surface area contributed by atoms with Crippen molar-refractivity contribution < 1.29 is 13.9 Å². The van der Waals surface area contributed by atoms with E-state index in [4.69, 9.17) is 13.9 Å². The minimum Gasteiger partial charge on any atom is -0.469 e. The number of rotatable bonds is 14. The van der Waals surface area contributed by atoms with Gasteiger partial charge in [0.2, 0.25) is 0 Å². The molecule has 0 aliphatic heterocycles. The molecule has 0 amide bonds. The zero-order valence-electron chi connectivity index (χ0n) is 16.9. The lowest BCUT2D eigenvalue weighted by Gasteiger charge is -2.12. The molecule has 1 heterocycles. The number of hydrogen-bond donors (Lipinski definition) is 2. The van der Waals surface area contributed by atoms with Gasteiger partial charge < -0.3 is 24.5 Å². The summed E-state index contributed by atoms with van der Waals surface area (Å²) in [6.07, 6.45) is 4.49. The van der Waals surface area contributed by atoms with E-state index in [1.807, 2.05) is 30.3 Å². The summed E-state index contributed by atoms with van der Waals surface area (Å²) in [5.41, 5.74) is 1.19. The standard InChI is InChI=1S/C22H33N3O3/c1-2-12-23-22(25-14-11-21-10-6-16-28-21)24-13-7-15-26-17-18-27-19-20-8-4-3-5-9-20/h3-6,8-10,16H,2,7,11-15,17-19H2,1H3,(H2,23,24,25). The number of hydrogen-bond acceptors (Lipinski definition) is 4. The molecular formula is C22H33N3O3. The Morgan fingerprint density at radius 3 is 2.57 bits per heavy atom. The number of nitrogens with zero attached hydrogens (tertiary/aromatic N) is 1. The summed E-state index contributed by atoms with van der Waals surface area (Å²) in [6.45, 7) is 7.11. The van der Waals surface area contributed by atoms with E-state index in [0.29, 0.717) is 26.4 Å². The largest absolute Gasteiger partial charge is 0.469 e. The lowest BCUT2D eigenvalue weighted by atomic mass is 10.2. The molecule has 2 N–H and O–H groups in total. The highest BCUT2D eigenvalue weighted by Crippen LogP contribution is 2.00. The Morgan fingerprint density at radius 1 is 0.964 bits per heavy atom. The van der Waals surface area contributed by atoms with Crippen molar-refractivity contribution in [2.75, 3.05) is 39.5 Å². The second-order valence-corrected chi connectivity index (χ2v) is 6.42. The molecular weight excluding hydrogens is 354 g/mol. The average molecular weight is 388 g/mol. The summed E-state index contributed by atoms with van der Waals surface area (Å²) >= 11 is 0. The number of guanidine groups is 1. The Labute approximate surface area is 168 Å². The van der Waals surface area contributed by atoms with Gasteiger partial charge in [0.1, 0.15) is 5.76 Å². The summed E-state index contributed by atoms with van der Waals surface area (Å²) < 4.78 is 16.6. The molecule has 0 aliphatic carbocycles. The van der Waals surface area contributed by atoms with Gasteiger partial charge in [-0.25, -0.2) is 0 Å². The van der Waals surface area contributed by atoms with Crippen molar-refractivity contribution in [3.63, 3.8) is 0 Å². The second-order valence-electron chi connectivity index (χ2n) is 6.42. The van der Waals surface area contributed by atoms with Crippen LogP contribution in [0.1, 0.15) is 31.1 Å². The third-order valence-electron chi connectivity index (χ3n) is 3.98. The van der Waals surface area contributed by atoms with E-state index >= 15 is 0 Å². The van der Waals surface area contributed by atoms with Crippen LogP contribution in [-0.4, -0.2) is 45.4 Å². The molecule has 1 aromatic carbocycles. The number of benzene rings is 1. The van der Waals surface area contributed by atoms with Crippen LogP contribution in [0.3, 0.4) is 0 Å². The van der Waals surface area contributed by atoms with Gasteiger partial charge in [0.05, 0.1) is 26.1 Å². The first-order valence-electron chi connectivity index (χ1n) is 10.1. The minimum atomic E-state index is 0.611. The van der Waals surface area contributed by atoms with E-state index < -0.39 is 0 Å². The van der Waals surface area contributed by atoms with Gasteiger partial charge in [-0.3, -0.25) is 4.99 Å². The molecule has 28 heavy (non-hydrogen) atoms. The predicted octanol–water partition coefficient (Wildman–Crippen LogP) is 3.39. The van der Waals surface area contributed by atoms with E-state index in [1.54, 1.807) is 6.26 Å². The SMILES string of the molecule is CCCN=C(NCCCOCCOCc1ccccc1)NCCc1ccco1. The molecule has 0 radical (unpaired) electrons. The Bertz CT molecular complexity index is 630. The van der Waals surface area contributed by atoms with Crippen LogP contribution in [0.5, 0.6) is 0 Å². The molecule has 2 rings (SSSR count). The Balaban J connectivity index is 1.48. The third kappa shape index (κ3) is 10.1. The first kappa shape index (κ1) is 22.0. The van der Waals surface area contributed by atoms with Crippen molar-refractivity contribution in [1.82, 2.24) is 10.6 Å². The van der Waals surface area contributed by atoms with Crippen molar-refractivity contribution in [3.8, 4) is 0 Å². The second kappa shape index (κ2) is 14.7. The molecule has 0 fully saturated rings. The van der Waals surface area contributed by atoms with Crippen LogP contribution < -0.4 is 10.6 Å². The Morgan fingerprint density at radius 2 is 1.79 bits per heavy atom. The molecule has 154 valence electrons. The highest BCUT2D eigenvalue weighted by atomic mass is 16.5. The van der Waals surface area contributed by atoms with Gasteiger partial charge in [0.15, 0.2) is 5.96 Å². The number of aliphatic imine (C=N–C) groups is 1. The van der Waals surface area contributed by atoms with Crippen LogP contribution in [0.2, 0.25) is 0 Å². The maximum absolute atomic E-state index is 5.63. The van der Waals surface area contributed by atoms with Crippen LogP contribution in [0.15, 0.2) is 58.1 Å². The molecule has 0 saturated heterocycles. The van der Waals surface area contributed by atoms with Crippen molar-refractivity contribution >= 4 is 5.96 Å². The summed E-state index contributed by atoms with van der Waals surface area (Å²) in [5, 5.41) is 6.70. The smallest absolute Gasteiger partial charge is 0.191 e. The van der Waals surface area contributed by atoms with Gasteiger partial charge in [0, 0.05) is 32.7 Å². The summed E-state index contributed by atoms with van der Waals surface area (Å²) in [4.78, 5) is 4.55. The van der Waals surface area contributed by atoms with Crippen molar-refractivity contribution in [2.24, 2.45) is 4.99 Å². The quantitative estimate of drug-likeness (QED) is 0.295. The highest BCUT2D eigenvalue weighted by molar-refractivity contribution is 5.79. The van der Waals surface area contributed by atoms with Crippen LogP contribution in [0, 0.1) is 0 Å². The maximum Gasteiger partial charge on any atom is 0.191 e. The lowest BCUT2D eigenvalue weighted by molar-refractivity contribution is 0.0401. The third-order valence-corrected chi connectivity index (χ3v) is 3.98. The molecule has 0 saturated carbocycles. The zero-order chi connectivity index (χ0) is 19.7. The molecule has 0 aliphatic rings. The number of ether oxygens (including phenoxy) is 2. The van der Waals surface area contributed by atoms with Gasteiger partial charge >= 0.3 is 0 Å². The summed E-state index contributed by atoms with van der Waals surface area (Å²) in [6, 6.07) is 14.1. The van der Waals surface area contributed by atoms with E-state index in [-0.39, 0.29) is 0 Å². The summed E-state index contributed by atoms with van der Waals surface area (Å²) in [7, 11) is 0. The van der Waals surface area contributed by atoms with Crippen LogP contribution in [0.25, 0.3) is 0 Å². The summed E-state index contributed by atoms with van der Waals surface area (Å²) in [5.74, 6) is 1.82. The van der Waals surface area contributed by atoms with E-state index in [1.165, 1.54) is 5.56 Å². The molecule has 0 atom stereocenters. The van der Waals surface area contributed by atoms with Crippen LogP contribution >= 0.6 is 0 Å². The molecule has 6 heteroatoms. The Kier molecular flexibility index (Phi) is 11.6. The molecule has 1 aromatic heterocycles. The van der Waals surface area contributed by atoms with Gasteiger partial charge in [-0.15, -0.1) is 0 Å². The van der Waals surface area contributed by atoms with Gasteiger partial charge in [-0.05, 0) is 30.5 Å². The van der Waals surface area contributed by atoms with Crippen molar-refractivity contribution in [3.05, 3.63) is 60.1 Å². The van der Waals surface area contributed by atoms with Crippen LogP contribution in [0.4, 0.5) is 0 Å². The molecule has 6 nitrogen and oxygen atoms in total. The molecule has 2 aromatic rings. The topological polar surface area (TPSA) is 68.0 Å². The fraction of sp³-hybridized carbons (Fsp3) is 0.500. The normalized spacial score (nSPS) is 11.5. The first-order chi connectivity index (χ1) is 13.9. The van der Waals surface area contributed by atoms with Gasteiger partial charge in [-0.1, -0.05) is 37.3 Å². The fourth-order valence-electron chi connectivity index (χ4n) is 2.52. The molecule has 0 bridgehead atoms. The minimum absolute atomic E-state index is 0.611. The maximum atomic E-state index is 5.63. The van der Waals surface area contributed by atoms with Crippen molar-refractivity contribution in [1.29, 1.82) is 0 Å². The lowest BCUT2D eigenvalue weighted by Crippen LogP contribution is -2.39. The molecule has 0 spiro atoms. The van der Waals surface area contributed by atoms with E-state index in [2.05, 4.69) is 34.7 Å². The zero-order valence-corrected chi connectivity index (χ0v) is 16.9. The number of nitrogens with one attached hydrogen (secondary N) is 2. The monoisotopic (exact) mass is 387 g/mol. The predicted molar refractivity (Wildman–Crippen MR) is 113 cm³/mol. The van der Waals surface area contributed by atoms with E-state index in [9.17, 15) is 0 Å². The van der Waals surface area contributed by atoms with Crippen molar-refractivity contribution in [2.45, 2.75) is 32.8 Å². The van der Waals surface area contributed by atoms with Gasteiger partial charge in [-0.2, -0.15) is 0 Å². The van der Waals surface area contributed by atoms with Crippen LogP contribution in [-0.2, 0) is 22.5 Å². The van der Waals surface area contributed by atoms with E-state index in [0.717, 1.165) is 50.6 Å². The average Bonchev–Trinajstić information content (AvgIpc) is 3.24. The highest BCUT2D eigenvalue weighted by Gasteiger charge is 2.00. The number of furan rings is 1.